The van der Waals surface area contributed by atoms with E-state index in [9.17, 15) is 4.79 Å². The molecular formula is C38H45F2NO3. The summed E-state index contributed by atoms with van der Waals surface area (Å²) in [5.41, 5.74) is 8.55. The standard InChI is InChI=1S/C38H45F2NO3/c1-7-15-38(40)16-13-28(14-17-38)19-31-22-41(35-12-10-29(21-33(35)39)37(42)43-8-2)34-11-9-24(3)18-30(20-32(31)34)36-26(5)25(4)23-44-27(36)6/h7,10,12,18,20-22,28H,1,8-9,11,13-17,19,23H2,2-6H3. The molecule has 0 spiro atoms. The summed E-state index contributed by atoms with van der Waals surface area (Å²) >= 11 is 0. The van der Waals surface area contributed by atoms with Crippen molar-refractivity contribution in [2.45, 2.75) is 91.7 Å². The quantitative estimate of drug-likeness (QED) is 0.223. The molecule has 2 aliphatic carbocycles. The van der Waals surface area contributed by atoms with Crippen LogP contribution in [-0.2, 0) is 22.3 Å². The average molecular weight is 602 g/mol. The first-order valence-corrected chi connectivity index (χ1v) is 15.9. The van der Waals surface area contributed by atoms with E-state index in [0.717, 1.165) is 65.8 Å². The van der Waals surface area contributed by atoms with Crippen LogP contribution in [0.4, 0.5) is 8.78 Å². The smallest absolute Gasteiger partial charge is 0.338 e. The predicted octanol–water partition coefficient (Wildman–Crippen LogP) is 9.73. The fourth-order valence-electron chi connectivity index (χ4n) is 6.93. The molecule has 0 atom stereocenters. The van der Waals surface area contributed by atoms with E-state index >= 15 is 8.78 Å². The van der Waals surface area contributed by atoms with Gasteiger partial charge >= 0.3 is 5.97 Å². The van der Waals surface area contributed by atoms with Crippen LogP contribution in [0.5, 0.6) is 0 Å². The molecule has 6 heteroatoms. The minimum Gasteiger partial charge on any atom is -0.493 e. The van der Waals surface area contributed by atoms with Gasteiger partial charge in [-0.1, -0.05) is 17.7 Å². The summed E-state index contributed by atoms with van der Waals surface area (Å²) in [6, 6.07) is 4.56. The zero-order valence-electron chi connectivity index (χ0n) is 26.8. The Kier molecular flexibility index (Phi) is 9.48. The van der Waals surface area contributed by atoms with Gasteiger partial charge in [-0.15, -0.1) is 6.58 Å². The maximum Gasteiger partial charge on any atom is 0.338 e. The number of carbonyl (C=O) groups excluding carboxylic acids is 1. The maximum absolute atomic E-state index is 15.8. The van der Waals surface area contributed by atoms with Crippen LogP contribution in [-0.4, -0.2) is 29.4 Å². The third-order valence-corrected chi connectivity index (χ3v) is 9.59. The topological polar surface area (TPSA) is 40.5 Å². The van der Waals surface area contributed by atoms with E-state index < -0.39 is 17.5 Å². The molecule has 1 fully saturated rings. The molecule has 1 aliphatic heterocycles. The highest BCUT2D eigenvalue weighted by Gasteiger charge is 2.35. The lowest BCUT2D eigenvalue weighted by Crippen LogP contribution is -2.29. The van der Waals surface area contributed by atoms with Gasteiger partial charge in [-0.05, 0) is 144 Å². The minimum atomic E-state index is -1.16. The molecule has 3 aliphatic rings. The van der Waals surface area contributed by atoms with E-state index in [2.05, 4.69) is 45.7 Å². The molecule has 1 saturated carbocycles. The van der Waals surface area contributed by atoms with Gasteiger partial charge < -0.3 is 14.0 Å². The summed E-state index contributed by atoms with van der Waals surface area (Å²) in [5.74, 6) is 0.226. The van der Waals surface area contributed by atoms with E-state index in [4.69, 9.17) is 9.47 Å². The molecule has 0 N–H and O–H groups in total. The molecule has 1 aromatic heterocycles. The highest BCUT2D eigenvalue weighted by atomic mass is 19.1. The van der Waals surface area contributed by atoms with Crippen molar-refractivity contribution in [3.8, 4) is 5.69 Å². The Morgan fingerprint density at radius 1 is 1.16 bits per heavy atom. The van der Waals surface area contributed by atoms with Gasteiger partial charge in [-0.3, -0.25) is 0 Å². The number of carbonyl (C=O) groups is 1. The number of aromatic nitrogens is 1. The monoisotopic (exact) mass is 601 g/mol. The summed E-state index contributed by atoms with van der Waals surface area (Å²) in [6.45, 7) is 14.7. The Bertz CT molecular complexity index is 1580. The number of hydrogen-bond donors (Lipinski definition) is 0. The summed E-state index contributed by atoms with van der Waals surface area (Å²) in [6.07, 6.45) is 13.7. The second-order valence-corrected chi connectivity index (χ2v) is 12.8. The summed E-state index contributed by atoms with van der Waals surface area (Å²) in [4.78, 5) is 12.3. The first kappa shape index (κ1) is 31.7. The van der Waals surface area contributed by atoms with Crippen molar-refractivity contribution in [1.82, 2.24) is 4.57 Å². The van der Waals surface area contributed by atoms with Crippen molar-refractivity contribution in [3.63, 3.8) is 0 Å². The van der Waals surface area contributed by atoms with Crippen molar-refractivity contribution in [1.29, 1.82) is 0 Å². The number of nitrogens with zero attached hydrogens (tertiary/aromatic N) is 1. The lowest BCUT2D eigenvalue weighted by Gasteiger charge is -2.33. The number of fused-ring (bicyclic) bond motifs is 1. The Morgan fingerprint density at radius 3 is 2.59 bits per heavy atom. The number of halogens is 2. The molecule has 2 aromatic rings. The van der Waals surface area contributed by atoms with Crippen LogP contribution in [0.25, 0.3) is 11.8 Å². The van der Waals surface area contributed by atoms with Gasteiger partial charge in [0.2, 0.25) is 0 Å². The Morgan fingerprint density at radius 2 is 1.91 bits per heavy atom. The molecule has 4 nitrogen and oxygen atoms in total. The Balaban J connectivity index is 1.62. The summed E-state index contributed by atoms with van der Waals surface area (Å²) in [5, 5.41) is 0. The molecular weight excluding hydrogens is 556 g/mol. The predicted molar refractivity (Wildman–Crippen MR) is 173 cm³/mol. The van der Waals surface area contributed by atoms with Crippen LogP contribution in [0.2, 0.25) is 0 Å². The Hall–Kier alpha value is -3.67. The molecule has 0 bridgehead atoms. The van der Waals surface area contributed by atoms with Crippen LogP contribution in [0, 0.1) is 11.7 Å². The van der Waals surface area contributed by atoms with Crippen LogP contribution in [0.3, 0.4) is 0 Å². The second-order valence-electron chi connectivity index (χ2n) is 12.8. The number of benzene rings is 1. The lowest BCUT2D eigenvalue weighted by molar-refractivity contribution is 0.0525. The van der Waals surface area contributed by atoms with E-state index in [1.807, 2.05) is 11.5 Å². The lowest BCUT2D eigenvalue weighted by atomic mass is 9.76. The number of esters is 1. The first-order chi connectivity index (χ1) is 21.0. The zero-order valence-corrected chi connectivity index (χ0v) is 26.8. The van der Waals surface area contributed by atoms with E-state index in [1.165, 1.54) is 22.8 Å². The summed E-state index contributed by atoms with van der Waals surface area (Å²) in [7, 11) is 0. The van der Waals surface area contributed by atoms with Crippen LogP contribution in [0.1, 0.15) is 100 Å². The van der Waals surface area contributed by atoms with Gasteiger partial charge in [0, 0.05) is 17.5 Å². The Labute approximate surface area is 260 Å². The van der Waals surface area contributed by atoms with Gasteiger partial charge in [0.15, 0.2) is 0 Å². The van der Waals surface area contributed by atoms with Crippen molar-refractivity contribution >= 4 is 12.0 Å². The second kappa shape index (κ2) is 13.1. The van der Waals surface area contributed by atoms with Gasteiger partial charge in [0.25, 0.3) is 0 Å². The normalized spacial score (nSPS) is 22.4. The zero-order chi connectivity index (χ0) is 31.6. The largest absolute Gasteiger partial charge is 0.493 e. The highest BCUT2D eigenvalue weighted by molar-refractivity contribution is 5.89. The van der Waals surface area contributed by atoms with Crippen molar-refractivity contribution < 1.29 is 23.0 Å². The van der Waals surface area contributed by atoms with E-state index in [-0.39, 0.29) is 12.2 Å². The maximum atomic E-state index is 15.8. The molecule has 2 heterocycles. The number of ether oxygens (including phenoxy) is 2. The van der Waals surface area contributed by atoms with Gasteiger partial charge in [0.1, 0.15) is 23.9 Å². The van der Waals surface area contributed by atoms with Crippen LogP contribution >= 0.6 is 0 Å². The minimum absolute atomic E-state index is 0.193. The molecule has 44 heavy (non-hydrogen) atoms. The van der Waals surface area contributed by atoms with E-state index in [1.54, 1.807) is 25.1 Å². The van der Waals surface area contributed by atoms with Gasteiger partial charge in [-0.25, -0.2) is 13.6 Å². The fraction of sp³-hybridized carbons (Fsp3) is 0.447. The van der Waals surface area contributed by atoms with E-state index in [0.29, 0.717) is 37.5 Å². The highest BCUT2D eigenvalue weighted by Crippen LogP contribution is 2.41. The van der Waals surface area contributed by atoms with Crippen molar-refractivity contribution in [3.05, 3.63) is 105 Å². The number of rotatable bonds is 8. The molecule has 0 unspecified atom stereocenters. The molecule has 0 amide bonds. The number of allylic oxidation sites excluding steroid dienone is 7. The third-order valence-electron chi connectivity index (χ3n) is 9.59. The SMILES string of the molecule is C=CCC1(F)CCC(Cc2cn(-c3ccc(C(=O)OCC)cc3F)c3c2C=C(C2=C(C)OCC(C)=C2C)C=C(C)CC3)CC1. The van der Waals surface area contributed by atoms with Crippen molar-refractivity contribution in [2.75, 3.05) is 13.2 Å². The molecule has 0 radical (unpaired) electrons. The third kappa shape index (κ3) is 6.55. The molecule has 234 valence electrons. The average Bonchev–Trinajstić information content (AvgIpc) is 3.29. The number of hydrogen-bond acceptors (Lipinski definition) is 3. The van der Waals surface area contributed by atoms with Crippen molar-refractivity contribution in [2.24, 2.45) is 5.92 Å². The fourth-order valence-corrected chi connectivity index (χ4v) is 6.93. The first-order valence-electron chi connectivity index (χ1n) is 15.9. The van der Waals surface area contributed by atoms with Crippen LogP contribution < -0.4 is 0 Å². The summed E-state index contributed by atoms with van der Waals surface area (Å²) < 4.78 is 44.2. The molecule has 1 aromatic carbocycles. The molecule has 5 rings (SSSR count). The van der Waals surface area contributed by atoms with Gasteiger partial charge in [0.05, 0.1) is 17.9 Å². The van der Waals surface area contributed by atoms with Gasteiger partial charge in [-0.2, -0.15) is 0 Å². The molecule has 0 saturated heterocycles. The number of alkyl halides is 1. The van der Waals surface area contributed by atoms with Crippen LogP contribution in [0.15, 0.2) is 76.8 Å².